The van der Waals surface area contributed by atoms with Crippen molar-refractivity contribution in [3.05, 3.63) is 60.2 Å². The van der Waals surface area contributed by atoms with Crippen molar-refractivity contribution in [2.75, 3.05) is 6.61 Å². The van der Waals surface area contributed by atoms with Gasteiger partial charge in [-0.2, -0.15) is 4.98 Å². The smallest absolute Gasteiger partial charge is 0.249 e. The molecule has 0 saturated heterocycles. The minimum Gasteiger partial charge on any atom is -0.461 e. The van der Waals surface area contributed by atoms with Gasteiger partial charge in [0.15, 0.2) is 5.76 Å². The number of ether oxygens (including phenoxy) is 1. The number of furan rings is 1. The van der Waals surface area contributed by atoms with Crippen molar-refractivity contribution in [2.45, 2.75) is 26.5 Å². The van der Waals surface area contributed by atoms with Crippen LogP contribution in [0.1, 0.15) is 31.3 Å². The van der Waals surface area contributed by atoms with E-state index in [0.29, 0.717) is 24.1 Å². The van der Waals surface area contributed by atoms with Gasteiger partial charge in [-0.1, -0.05) is 49.3 Å². The van der Waals surface area contributed by atoms with E-state index in [4.69, 9.17) is 13.7 Å². The van der Waals surface area contributed by atoms with Crippen LogP contribution in [0.4, 0.5) is 0 Å². The summed E-state index contributed by atoms with van der Waals surface area (Å²) in [7, 11) is 0. The maximum atomic E-state index is 12.2. The molecule has 2 aromatic heterocycles. The summed E-state index contributed by atoms with van der Waals surface area (Å²) in [4.78, 5) is 16.5. The highest BCUT2D eigenvalue weighted by Crippen LogP contribution is 2.23. The van der Waals surface area contributed by atoms with Crippen LogP contribution in [0.15, 0.2) is 57.7 Å². The number of amides is 1. The second-order valence-corrected chi connectivity index (χ2v) is 6.20. The molecule has 26 heavy (non-hydrogen) atoms. The number of nitrogens with zero attached hydrogens (tertiary/aromatic N) is 2. The van der Waals surface area contributed by atoms with Crippen molar-refractivity contribution >= 4 is 5.91 Å². The lowest BCUT2D eigenvalue weighted by Crippen LogP contribution is -2.34. The van der Waals surface area contributed by atoms with Crippen LogP contribution in [0.3, 0.4) is 0 Å². The Morgan fingerprint density at radius 3 is 2.69 bits per heavy atom. The topological polar surface area (TPSA) is 90.4 Å². The van der Waals surface area contributed by atoms with Crippen LogP contribution in [0.5, 0.6) is 0 Å². The highest BCUT2D eigenvalue weighted by atomic mass is 16.5. The molecule has 1 unspecified atom stereocenters. The van der Waals surface area contributed by atoms with Gasteiger partial charge in [-0.25, -0.2) is 0 Å². The summed E-state index contributed by atoms with van der Waals surface area (Å²) in [5.41, 5.74) is 1.01. The van der Waals surface area contributed by atoms with Gasteiger partial charge < -0.3 is 19.0 Å². The highest BCUT2D eigenvalue weighted by molar-refractivity contribution is 5.77. The Hall–Kier alpha value is -2.93. The predicted molar refractivity (Wildman–Crippen MR) is 93.8 cm³/mol. The number of carbonyl (C=O) groups excluding carboxylic acids is 1. The van der Waals surface area contributed by atoms with Gasteiger partial charge in [0.25, 0.3) is 0 Å². The monoisotopic (exact) mass is 355 g/mol. The van der Waals surface area contributed by atoms with E-state index in [2.05, 4.69) is 15.5 Å². The van der Waals surface area contributed by atoms with Crippen LogP contribution >= 0.6 is 0 Å². The fourth-order valence-electron chi connectivity index (χ4n) is 2.43. The molecule has 7 nitrogen and oxygen atoms in total. The molecule has 0 saturated carbocycles. The Labute approximate surface area is 151 Å². The lowest BCUT2D eigenvalue weighted by atomic mass is 10.0. The minimum atomic E-state index is -0.404. The lowest BCUT2D eigenvalue weighted by molar-refractivity contribution is -0.127. The van der Waals surface area contributed by atoms with E-state index in [1.807, 2.05) is 44.2 Å². The van der Waals surface area contributed by atoms with Gasteiger partial charge in [0.1, 0.15) is 12.6 Å². The SMILES string of the molecule is CC(C)C(NC(=O)COCc1ccccc1)c1nc(-c2ccco2)no1. The molecule has 3 rings (SSSR count). The first-order chi connectivity index (χ1) is 12.6. The number of benzene rings is 1. The molecule has 1 aromatic carbocycles. The normalized spacial score (nSPS) is 12.3. The molecule has 136 valence electrons. The van der Waals surface area contributed by atoms with Gasteiger partial charge in [0.2, 0.25) is 17.6 Å². The van der Waals surface area contributed by atoms with Crippen molar-refractivity contribution in [1.29, 1.82) is 0 Å². The number of hydrogen-bond acceptors (Lipinski definition) is 6. The van der Waals surface area contributed by atoms with Crippen LogP contribution in [-0.4, -0.2) is 22.7 Å². The van der Waals surface area contributed by atoms with Crippen LogP contribution in [0, 0.1) is 5.92 Å². The van der Waals surface area contributed by atoms with Gasteiger partial charge in [0.05, 0.1) is 12.9 Å². The summed E-state index contributed by atoms with van der Waals surface area (Å²) in [5.74, 6) is 1.03. The molecule has 0 spiro atoms. The molecular formula is C19H21N3O4. The molecule has 7 heteroatoms. The molecule has 1 atom stereocenters. The first-order valence-electron chi connectivity index (χ1n) is 8.42. The summed E-state index contributed by atoms with van der Waals surface area (Å²) >= 11 is 0. The first-order valence-corrected chi connectivity index (χ1v) is 8.42. The molecule has 0 bridgehead atoms. The van der Waals surface area contributed by atoms with Crippen molar-refractivity contribution in [3.63, 3.8) is 0 Å². The molecule has 0 aliphatic rings. The van der Waals surface area contributed by atoms with E-state index in [1.165, 1.54) is 6.26 Å². The van der Waals surface area contributed by atoms with E-state index in [0.717, 1.165) is 5.56 Å². The Kier molecular flexibility index (Phi) is 5.80. The Balaban J connectivity index is 1.57. The summed E-state index contributed by atoms with van der Waals surface area (Å²) < 4.78 is 16.0. The molecule has 3 aromatic rings. The van der Waals surface area contributed by atoms with Gasteiger partial charge >= 0.3 is 0 Å². The number of rotatable bonds is 8. The number of aromatic nitrogens is 2. The standard InChI is InChI=1S/C19H21N3O4/c1-13(2)17(19-21-18(22-26-19)15-9-6-10-25-15)20-16(23)12-24-11-14-7-4-3-5-8-14/h3-10,13,17H,11-12H2,1-2H3,(H,20,23). The highest BCUT2D eigenvalue weighted by Gasteiger charge is 2.25. The van der Waals surface area contributed by atoms with E-state index >= 15 is 0 Å². The molecule has 0 aliphatic heterocycles. The number of hydrogen-bond donors (Lipinski definition) is 1. The van der Waals surface area contributed by atoms with Gasteiger partial charge in [-0.15, -0.1) is 0 Å². The maximum absolute atomic E-state index is 12.2. The molecule has 2 heterocycles. The van der Waals surface area contributed by atoms with E-state index in [-0.39, 0.29) is 18.4 Å². The minimum absolute atomic E-state index is 0.0444. The second-order valence-electron chi connectivity index (χ2n) is 6.20. The fourth-order valence-corrected chi connectivity index (χ4v) is 2.43. The van der Waals surface area contributed by atoms with Crippen molar-refractivity contribution in [3.8, 4) is 11.6 Å². The molecular weight excluding hydrogens is 334 g/mol. The lowest BCUT2D eigenvalue weighted by Gasteiger charge is -2.18. The Bertz CT molecular complexity index is 812. The average Bonchev–Trinajstić information content (AvgIpc) is 3.32. The van der Waals surface area contributed by atoms with Gasteiger partial charge in [0, 0.05) is 0 Å². The second kappa shape index (κ2) is 8.44. The van der Waals surface area contributed by atoms with Gasteiger partial charge in [-0.3, -0.25) is 4.79 Å². The maximum Gasteiger partial charge on any atom is 0.249 e. The third-order valence-corrected chi connectivity index (χ3v) is 3.78. The predicted octanol–water partition coefficient (Wildman–Crippen LogP) is 3.36. The number of nitrogens with one attached hydrogen (secondary N) is 1. The number of carbonyl (C=O) groups is 1. The quantitative estimate of drug-likeness (QED) is 0.666. The van der Waals surface area contributed by atoms with Crippen molar-refractivity contribution in [2.24, 2.45) is 5.92 Å². The summed E-state index contributed by atoms with van der Waals surface area (Å²) in [5, 5.41) is 6.80. The van der Waals surface area contributed by atoms with Crippen LogP contribution < -0.4 is 5.32 Å². The molecule has 0 aliphatic carbocycles. The third kappa shape index (κ3) is 4.58. The third-order valence-electron chi connectivity index (χ3n) is 3.78. The summed E-state index contributed by atoms with van der Waals surface area (Å²) in [6.45, 7) is 4.26. The fraction of sp³-hybridized carbons (Fsp3) is 0.316. The van der Waals surface area contributed by atoms with Gasteiger partial charge in [-0.05, 0) is 23.6 Å². The summed E-state index contributed by atoms with van der Waals surface area (Å²) in [6.07, 6.45) is 1.54. The Morgan fingerprint density at radius 2 is 2.00 bits per heavy atom. The van der Waals surface area contributed by atoms with Crippen LogP contribution in [0.25, 0.3) is 11.6 Å². The van der Waals surface area contributed by atoms with E-state index in [9.17, 15) is 4.79 Å². The van der Waals surface area contributed by atoms with Crippen molar-refractivity contribution in [1.82, 2.24) is 15.5 Å². The zero-order chi connectivity index (χ0) is 18.4. The zero-order valence-electron chi connectivity index (χ0n) is 14.7. The van der Waals surface area contributed by atoms with Crippen LogP contribution in [-0.2, 0) is 16.1 Å². The van der Waals surface area contributed by atoms with Crippen molar-refractivity contribution < 1.29 is 18.5 Å². The molecule has 0 radical (unpaired) electrons. The molecule has 1 amide bonds. The Morgan fingerprint density at radius 1 is 1.19 bits per heavy atom. The average molecular weight is 355 g/mol. The van der Waals surface area contributed by atoms with E-state index in [1.54, 1.807) is 12.1 Å². The van der Waals surface area contributed by atoms with E-state index < -0.39 is 6.04 Å². The largest absolute Gasteiger partial charge is 0.461 e. The molecule has 0 fully saturated rings. The van der Waals surface area contributed by atoms with Crippen LogP contribution in [0.2, 0.25) is 0 Å². The summed E-state index contributed by atoms with van der Waals surface area (Å²) in [6, 6.07) is 12.8. The molecule has 1 N–H and O–H groups in total. The first kappa shape index (κ1) is 17.9. The zero-order valence-corrected chi connectivity index (χ0v) is 14.7.